The fraction of sp³-hybridized carbons (Fsp3) is 0.417. The van der Waals surface area contributed by atoms with E-state index >= 15 is 0 Å². The summed E-state index contributed by atoms with van der Waals surface area (Å²) >= 11 is 5.75. The smallest absolute Gasteiger partial charge is 0.182 e. The standard InChI is InChI=1S/C12H16ClNO/c1-3-8-12(2,14)11(15)9-4-6-10(13)7-5-9/h4-7H,3,8,14H2,1-2H3. The molecule has 0 fully saturated rings. The lowest BCUT2D eigenvalue weighted by Gasteiger charge is -2.22. The maximum absolute atomic E-state index is 12.0. The number of hydrogen-bond acceptors (Lipinski definition) is 2. The second kappa shape index (κ2) is 4.77. The van der Waals surface area contributed by atoms with Crippen molar-refractivity contribution < 1.29 is 4.79 Å². The molecule has 0 spiro atoms. The van der Waals surface area contributed by atoms with Crippen molar-refractivity contribution in [2.75, 3.05) is 0 Å². The van der Waals surface area contributed by atoms with Crippen LogP contribution in [0.25, 0.3) is 0 Å². The SMILES string of the molecule is CCCC(C)(N)C(=O)c1ccc(Cl)cc1. The quantitative estimate of drug-likeness (QED) is 0.801. The van der Waals surface area contributed by atoms with Crippen molar-refractivity contribution in [2.45, 2.75) is 32.2 Å². The van der Waals surface area contributed by atoms with Gasteiger partial charge in [0.15, 0.2) is 5.78 Å². The van der Waals surface area contributed by atoms with E-state index in [1.165, 1.54) is 0 Å². The number of hydrogen-bond donors (Lipinski definition) is 1. The van der Waals surface area contributed by atoms with Crippen LogP contribution >= 0.6 is 11.6 Å². The molecule has 1 atom stereocenters. The Balaban J connectivity index is 2.89. The number of Topliss-reactive ketones (excluding diaryl/α,β-unsaturated/α-hetero) is 1. The Labute approximate surface area is 95.4 Å². The minimum absolute atomic E-state index is 0.0268. The normalized spacial score (nSPS) is 14.7. The predicted octanol–water partition coefficient (Wildman–Crippen LogP) is 3.04. The first-order valence-electron chi connectivity index (χ1n) is 5.06. The molecule has 0 heterocycles. The van der Waals surface area contributed by atoms with Crippen molar-refractivity contribution in [3.63, 3.8) is 0 Å². The van der Waals surface area contributed by atoms with E-state index < -0.39 is 5.54 Å². The van der Waals surface area contributed by atoms with Crippen LogP contribution in [-0.4, -0.2) is 11.3 Å². The second-order valence-corrected chi connectivity index (χ2v) is 4.44. The van der Waals surface area contributed by atoms with Crippen LogP contribution in [0.3, 0.4) is 0 Å². The number of benzene rings is 1. The Bertz CT molecular complexity index is 343. The third-order valence-electron chi connectivity index (χ3n) is 2.39. The summed E-state index contributed by atoms with van der Waals surface area (Å²) in [5.41, 5.74) is 5.81. The summed E-state index contributed by atoms with van der Waals surface area (Å²) in [5.74, 6) is -0.0268. The van der Waals surface area contributed by atoms with E-state index in [1.54, 1.807) is 31.2 Å². The summed E-state index contributed by atoms with van der Waals surface area (Å²) in [6.07, 6.45) is 1.58. The summed E-state index contributed by atoms with van der Waals surface area (Å²) in [6.45, 7) is 3.79. The van der Waals surface area contributed by atoms with Crippen molar-refractivity contribution in [2.24, 2.45) is 5.73 Å². The largest absolute Gasteiger partial charge is 0.319 e. The first-order valence-corrected chi connectivity index (χ1v) is 5.44. The highest BCUT2D eigenvalue weighted by atomic mass is 35.5. The van der Waals surface area contributed by atoms with Gasteiger partial charge >= 0.3 is 0 Å². The van der Waals surface area contributed by atoms with Crippen LogP contribution in [0.4, 0.5) is 0 Å². The molecule has 1 aromatic rings. The fourth-order valence-electron chi connectivity index (χ4n) is 1.56. The third kappa shape index (κ3) is 3.05. The molecule has 0 bridgehead atoms. The number of halogens is 1. The summed E-state index contributed by atoms with van der Waals surface area (Å²) in [4.78, 5) is 12.0. The van der Waals surface area contributed by atoms with E-state index in [4.69, 9.17) is 17.3 Å². The molecule has 0 radical (unpaired) electrons. The van der Waals surface area contributed by atoms with Gasteiger partial charge in [-0.15, -0.1) is 0 Å². The van der Waals surface area contributed by atoms with Crippen molar-refractivity contribution in [1.29, 1.82) is 0 Å². The molecular formula is C12H16ClNO. The third-order valence-corrected chi connectivity index (χ3v) is 2.65. The number of rotatable bonds is 4. The van der Waals surface area contributed by atoms with E-state index in [-0.39, 0.29) is 5.78 Å². The van der Waals surface area contributed by atoms with Gasteiger partial charge in [-0.3, -0.25) is 4.79 Å². The molecule has 0 aliphatic heterocycles. The van der Waals surface area contributed by atoms with Crippen molar-refractivity contribution in [3.8, 4) is 0 Å². The van der Waals surface area contributed by atoms with Gasteiger partial charge in [0.05, 0.1) is 5.54 Å². The Hall–Kier alpha value is -0.860. The molecule has 82 valence electrons. The Morgan fingerprint density at radius 3 is 2.40 bits per heavy atom. The molecule has 1 rings (SSSR count). The minimum atomic E-state index is -0.775. The van der Waals surface area contributed by atoms with Gasteiger partial charge in [-0.25, -0.2) is 0 Å². The monoisotopic (exact) mass is 225 g/mol. The predicted molar refractivity (Wildman–Crippen MR) is 63.3 cm³/mol. The van der Waals surface area contributed by atoms with Crippen molar-refractivity contribution in [1.82, 2.24) is 0 Å². The molecule has 0 aliphatic rings. The van der Waals surface area contributed by atoms with Gasteiger partial charge in [-0.1, -0.05) is 24.9 Å². The second-order valence-electron chi connectivity index (χ2n) is 4.00. The van der Waals surface area contributed by atoms with E-state index in [0.717, 1.165) is 6.42 Å². The number of nitrogens with two attached hydrogens (primary N) is 1. The highest BCUT2D eigenvalue weighted by Crippen LogP contribution is 2.18. The van der Waals surface area contributed by atoms with Crippen LogP contribution in [0.5, 0.6) is 0 Å². The lowest BCUT2D eigenvalue weighted by molar-refractivity contribution is 0.0893. The number of ketones is 1. The Morgan fingerprint density at radius 1 is 1.40 bits per heavy atom. The highest BCUT2D eigenvalue weighted by Gasteiger charge is 2.27. The van der Waals surface area contributed by atoms with Crippen molar-refractivity contribution in [3.05, 3.63) is 34.9 Å². The highest BCUT2D eigenvalue weighted by molar-refractivity contribution is 6.30. The van der Waals surface area contributed by atoms with Gasteiger partial charge in [0.25, 0.3) is 0 Å². The van der Waals surface area contributed by atoms with Gasteiger partial charge in [0, 0.05) is 10.6 Å². The molecule has 15 heavy (non-hydrogen) atoms. The maximum Gasteiger partial charge on any atom is 0.182 e. The molecule has 0 amide bonds. The van der Waals surface area contributed by atoms with Crippen LogP contribution in [0.2, 0.25) is 5.02 Å². The first kappa shape index (κ1) is 12.2. The molecule has 0 aliphatic carbocycles. The van der Waals surface area contributed by atoms with Gasteiger partial charge in [0.2, 0.25) is 0 Å². The fourth-order valence-corrected chi connectivity index (χ4v) is 1.69. The first-order chi connectivity index (χ1) is 6.97. The molecule has 3 heteroatoms. The van der Waals surface area contributed by atoms with Crippen LogP contribution in [0, 0.1) is 0 Å². The average Bonchev–Trinajstić information content (AvgIpc) is 2.18. The molecular weight excluding hydrogens is 210 g/mol. The zero-order valence-corrected chi connectivity index (χ0v) is 9.84. The lowest BCUT2D eigenvalue weighted by Crippen LogP contribution is -2.44. The molecule has 1 unspecified atom stereocenters. The number of carbonyl (C=O) groups excluding carboxylic acids is 1. The van der Waals surface area contributed by atoms with Gasteiger partial charge < -0.3 is 5.73 Å². The van der Waals surface area contributed by atoms with Crippen LogP contribution in [-0.2, 0) is 0 Å². The lowest BCUT2D eigenvalue weighted by atomic mass is 9.88. The zero-order valence-electron chi connectivity index (χ0n) is 9.09. The topological polar surface area (TPSA) is 43.1 Å². The average molecular weight is 226 g/mol. The van der Waals surface area contributed by atoms with E-state index in [2.05, 4.69) is 0 Å². The molecule has 2 nitrogen and oxygen atoms in total. The molecule has 0 saturated heterocycles. The summed E-state index contributed by atoms with van der Waals surface area (Å²) in [6, 6.07) is 6.84. The van der Waals surface area contributed by atoms with Gasteiger partial charge in [-0.05, 0) is 37.6 Å². The summed E-state index contributed by atoms with van der Waals surface area (Å²) in [5, 5.41) is 0.626. The van der Waals surface area contributed by atoms with Gasteiger partial charge in [-0.2, -0.15) is 0 Å². The molecule has 2 N–H and O–H groups in total. The van der Waals surface area contributed by atoms with Crippen LogP contribution < -0.4 is 5.73 Å². The van der Waals surface area contributed by atoms with Gasteiger partial charge in [0.1, 0.15) is 0 Å². The molecule has 1 aromatic carbocycles. The van der Waals surface area contributed by atoms with E-state index in [9.17, 15) is 4.79 Å². The molecule has 0 aromatic heterocycles. The minimum Gasteiger partial charge on any atom is -0.319 e. The number of carbonyl (C=O) groups is 1. The summed E-state index contributed by atoms with van der Waals surface area (Å²) < 4.78 is 0. The van der Waals surface area contributed by atoms with Crippen LogP contribution in [0.1, 0.15) is 37.0 Å². The Morgan fingerprint density at radius 2 is 1.93 bits per heavy atom. The van der Waals surface area contributed by atoms with Crippen molar-refractivity contribution >= 4 is 17.4 Å². The van der Waals surface area contributed by atoms with Crippen LogP contribution in [0.15, 0.2) is 24.3 Å². The zero-order chi connectivity index (χ0) is 11.5. The summed E-state index contributed by atoms with van der Waals surface area (Å²) in [7, 11) is 0. The maximum atomic E-state index is 12.0. The molecule has 0 saturated carbocycles. The van der Waals surface area contributed by atoms with E-state index in [0.29, 0.717) is 17.0 Å². The Kier molecular flexibility index (Phi) is 3.89. The van der Waals surface area contributed by atoms with E-state index in [1.807, 2.05) is 6.92 Å².